The van der Waals surface area contributed by atoms with Gasteiger partial charge in [-0.3, -0.25) is 4.79 Å². The molecule has 4 aromatic carbocycles. The average Bonchev–Trinajstić information content (AvgIpc) is 3.05. The summed E-state index contributed by atoms with van der Waals surface area (Å²) in [6.45, 7) is 11.6. The van der Waals surface area contributed by atoms with E-state index < -0.39 is 35.5 Å². The van der Waals surface area contributed by atoms with Gasteiger partial charge in [0.2, 0.25) is 0 Å². The van der Waals surface area contributed by atoms with Crippen LogP contribution in [0.15, 0.2) is 116 Å². The molecule has 0 aromatic heterocycles. The van der Waals surface area contributed by atoms with Crippen molar-refractivity contribution in [3.05, 3.63) is 134 Å². The Labute approximate surface area is 269 Å². The van der Waals surface area contributed by atoms with E-state index in [4.69, 9.17) is 18.9 Å². The third kappa shape index (κ3) is 8.95. The topological polar surface area (TPSA) is 105 Å². The van der Waals surface area contributed by atoms with Gasteiger partial charge in [0.05, 0.1) is 0 Å². The van der Waals surface area contributed by atoms with E-state index in [9.17, 15) is 23.6 Å². The minimum Gasteiger partial charge on any atom is -0.427 e. The van der Waals surface area contributed by atoms with Crippen LogP contribution < -0.4 is 18.9 Å². The fourth-order valence-corrected chi connectivity index (χ4v) is 4.18. The van der Waals surface area contributed by atoms with E-state index in [0.717, 1.165) is 18.2 Å². The van der Waals surface area contributed by atoms with Gasteiger partial charge in [-0.2, -0.15) is 0 Å². The highest BCUT2D eigenvalue weighted by atomic mass is 19.1. The maximum atomic E-state index is 15.1. The Balaban J connectivity index is 1.38. The van der Waals surface area contributed by atoms with Crippen molar-refractivity contribution >= 4 is 23.9 Å². The molecule has 0 aliphatic carbocycles. The maximum Gasteiger partial charge on any atom is 0.338 e. The quantitative estimate of drug-likeness (QED) is 0.0893. The summed E-state index contributed by atoms with van der Waals surface area (Å²) in [6, 6.07) is 19.2. The number of benzene rings is 4. The predicted molar refractivity (Wildman–Crippen MR) is 170 cm³/mol. The zero-order valence-electron chi connectivity index (χ0n) is 25.2. The number of rotatable bonds is 12. The number of hydrogen-bond acceptors (Lipinski definition) is 8. The number of aryl methyl sites for hydroxylation is 1. The van der Waals surface area contributed by atoms with Gasteiger partial charge in [-0.1, -0.05) is 56.1 Å². The van der Waals surface area contributed by atoms with Crippen molar-refractivity contribution in [2.24, 2.45) is 0 Å². The largest absolute Gasteiger partial charge is 0.427 e. The molecule has 0 fully saturated rings. The van der Waals surface area contributed by atoms with Crippen LogP contribution in [0.25, 0.3) is 22.3 Å². The third-order valence-electron chi connectivity index (χ3n) is 6.56. The van der Waals surface area contributed by atoms with Crippen LogP contribution in [0, 0.1) is 11.6 Å². The first-order chi connectivity index (χ1) is 22.5. The number of hydrogen-bond donors (Lipinski definition) is 0. The van der Waals surface area contributed by atoms with Crippen molar-refractivity contribution in [3.63, 3.8) is 0 Å². The first kappa shape index (κ1) is 33.7. The molecule has 0 radical (unpaired) electrons. The molecule has 0 heterocycles. The SMILES string of the molecule is C=CC(=O)Oc1ccc(CCC(=O)Oc2ccc(-c3ccc(-c4ccc(OC(=O)C(=C)C)c(F)c4)c(F)c3)cc2)cc1OC(=O)C=C. The maximum absolute atomic E-state index is 15.1. The molecule has 8 nitrogen and oxygen atoms in total. The fraction of sp³-hybridized carbons (Fsp3) is 0.0811. The van der Waals surface area contributed by atoms with Crippen molar-refractivity contribution in [2.75, 3.05) is 0 Å². The highest BCUT2D eigenvalue weighted by Gasteiger charge is 2.16. The van der Waals surface area contributed by atoms with Crippen LogP contribution in [-0.2, 0) is 25.6 Å². The van der Waals surface area contributed by atoms with Gasteiger partial charge >= 0.3 is 23.9 Å². The zero-order valence-corrected chi connectivity index (χ0v) is 25.2. The van der Waals surface area contributed by atoms with Crippen molar-refractivity contribution in [1.29, 1.82) is 0 Å². The Morgan fingerprint density at radius 2 is 1.26 bits per heavy atom. The first-order valence-electron chi connectivity index (χ1n) is 14.1. The monoisotopic (exact) mass is 638 g/mol. The summed E-state index contributed by atoms with van der Waals surface area (Å²) in [4.78, 5) is 47.5. The average molecular weight is 639 g/mol. The number of ether oxygens (including phenoxy) is 4. The predicted octanol–water partition coefficient (Wildman–Crippen LogP) is 7.50. The Morgan fingerprint density at radius 1 is 0.660 bits per heavy atom. The molecule has 0 aliphatic heterocycles. The summed E-state index contributed by atoms with van der Waals surface area (Å²) in [5.74, 6) is -4.28. The third-order valence-corrected chi connectivity index (χ3v) is 6.56. The van der Waals surface area contributed by atoms with Crippen LogP contribution in [0.2, 0.25) is 0 Å². The second-order valence-electron chi connectivity index (χ2n) is 10.0. The molecule has 0 bridgehead atoms. The summed E-state index contributed by atoms with van der Waals surface area (Å²) >= 11 is 0. The van der Waals surface area contributed by atoms with Crippen LogP contribution in [0.3, 0.4) is 0 Å². The molecule has 10 heteroatoms. The normalized spacial score (nSPS) is 10.4. The molecule has 0 aliphatic rings. The molecular formula is C37H28F2O8. The molecule has 0 saturated heterocycles. The van der Waals surface area contributed by atoms with E-state index >= 15 is 4.39 Å². The summed E-state index contributed by atoms with van der Waals surface area (Å²) in [7, 11) is 0. The standard InChI is InChI=1S/C37H28F2O8/c1-5-34(40)45-32-16-7-23(19-33(32)46-35(41)6-2)8-18-36(42)44-27-13-9-24(10-14-27)25-11-15-28(29(38)20-25)26-12-17-31(30(39)21-26)47-37(43)22(3)4/h5-7,9-17,19-21H,1-3,8,18H2,4H3. The van der Waals surface area contributed by atoms with Crippen LogP contribution >= 0.6 is 0 Å². The Bertz CT molecular complexity index is 1890. The number of carbonyl (C=O) groups is 4. The molecule has 47 heavy (non-hydrogen) atoms. The number of halogens is 2. The van der Waals surface area contributed by atoms with Gasteiger partial charge in [0.1, 0.15) is 11.6 Å². The van der Waals surface area contributed by atoms with Gasteiger partial charge < -0.3 is 18.9 Å². The summed E-state index contributed by atoms with van der Waals surface area (Å²) in [5.41, 5.74) is 2.30. The molecule has 0 N–H and O–H groups in total. The summed E-state index contributed by atoms with van der Waals surface area (Å²) in [6.07, 6.45) is 2.12. The Morgan fingerprint density at radius 3 is 1.87 bits per heavy atom. The molecule has 0 saturated carbocycles. The zero-order chi connectivity index (χ0) is 34.1. The minimum atomic E-state index is -0.825. The molecule has 238 valence electrons. The van der Waals surface area contributed by atoms with E-state index in [-0.39, 0.29) is 52.5 Å². The molecular weight excluding hydrogens is 610 g/mol. The number of carbonyl (C=O) groups excluding carboxylic acids is 4. The van der Waals surface area contributed by atoms with Gasteiger partial charge in [-0.05, 0) is 78.1 Å². The van der Waals surface area contributed by atoms with E-state index in [2.05, 4.69) is 19.7 Å². The van der Waals surface area contributed by atoms with Gasteiger partial charge in [-0.25, -0.2) is 23.2 Å². The smallest absolute Gasteiger partial charge is 0.338 e. The van der Waals surface area contributed by atoms with Gasteiger partial charge in [-0.15, -0.1) is 0 Å². The molecule has 4 rings (SSSR count). The minimum absolute atomic E-state index is 0.00241. The van der Waals surface area contributed by atoms with Crippen molar-refractivity contribution < 1.29 is 46.9 Å². The molecule has 4 aromatic rings. The van der Waals surface area contributed by atoms with Crippen LogP contribution in [0.5, 0.6) is 23.0 Å². The lowest BCUT2D eigenvalue weighted by Crippen LogP contribution is -2.10. The molecule has 0 amide bonds. The van der Waals surface area contributed by atoms with E-state index in [0.29, 0.717) is 16.7 Å². The van der Waals surface area contributed by atoms with E-state index in [1.807, 2.05) is 0 Å². The highest BCUT2D eigenvalue weighted by Crippen LogP contribution is 2.32. The van der Waals surface area contributed by atoms with Gasteiger partial charge in [0, 0.05) is 29.7 Å². The molecule has 0 spiro atoms. The van der Waals surface area contributed by atoms with E-state index in [1.165, 1.54) is 43.3 Å². The lowest BCUT2D eigenvalue weighted by Gasteiger charge is -2.11. The summed E-state index contributed by atoms with van der Waals surface area (Å²) < 4.78 is 50.2. The van der Waals surface area contributed by atoms with Crippen LogP contribution in [0.4, 0.5) is 8.78 Å². The fourth-order valence-electron chi connectivity index (χ4n) is 4.18. The Hall–Kier alpha value is -6.16. The highest BCUT2D eigenvalue weighted by molar-refractivity contribution is 5.89. The van der Waals surface area contributed by atoms with Gasteiger partial charge in [0.25, 0.3) is 0 Å². The van der Waals surface area contributed by atoms with E-state index in [1.54, 1.807) is 36.4 Å². The van der Waals surface area contributed by atoms with Gasteiger partial charge in [0.15, 0.2) is 23.1 Å². The molecule has 0 atom stereocenters. The lowest BCUT2D eigenvalue weighted by atomic mass is 9.99. The lowest BCUT2D eigenvalue weighted by molar-refractivity contribution is -0.134. The van der Waals surface area contributed by atoms with Crippen LogP contribution in [0.1, 0.15) is 18.9 Å². The van der Waals surface area contributed by atoms with Crippen LogP contribution in [-0.4, -0.2) is 23.9 Å². The Kier molecular flexibility index (Phi) is 10.9. The van der Waals surface area contributed by atoms with Crippen molar-refractivity contribution in [3.8, 4) is 45.3 Å². The summed E-state index contributed by atoms with van der Waals surface area (Å²) in [5, 5.41) is 0. The van der Waals surface area contributed by atoms with Crippen molar-refractivity contribution in [1.82, 2.24) is 0 Å². The molecule has 0 unspecified atom stereocenters. The first-order valence-corrected chi connectivity index (χ1v) is 14.1. The second-order valence-corrected chi connectivity index (χ2v) is 10.0. The second kappa shape index (κ2) is 15.2. The van der Waals surface area contributed by atoms with Crippen molar-refractivity contribution in [2.45, 2.75) is 19.8 Å². The number of esters is 4.